The minimum absolute atomic E-state index is 0.328. The van der Waals surface area contributed by atoms with E-state index in [-0.39, 0.29) is 0 Å². The average Bonchev–Trinajstić information content (AvgIpc) is 3.50. The van der Waals surface area contributed by atoms with Gasteiger partial charge < -0.3 is 4.57 Å². The van der Waals surface area contributed by atoms with E-state index in [0.717, 1.165) is 0 Å². The number of para-hydroxylation sites is 1. The largest absolute Gasteiger partial charge is 0.309 e. The monoisotopic (exact) mass is 497 g/mol. The Kier molecular flexibility index (Phi) is 4.87. The zero-order valence-corrected chi connectivity index (χ0v) is 21.8. The lowest BCUT2D eigenvalue weighted by Gasteiger charge is -2.16. The van der Waals surface area contributed by atoms with Crippen LogP contribution in [0.4, 0.5) is 0 Å². The van der Waals surface area contributed by atoms with Gasteiger partial charge >= 0.3 is 0 Å². The summed E-state index contributed by atoms with van der Waals surface area (Å²) in [6.07, 6.45) is 0. The Bertz CT molecular complexity index is 1950. The first-order valence-electron chi connectivity index (χ1n) is 13.7. The highest BCUT2D eigenvalue weighted by Crippen LogP contribution is 2.50. The van der Waals surface area contributed by atoms with Gasteiger partial charge in [-0.05, 0) is 68.8 Å². The molecule has 1 heteroatoms. The van der Waals surface area contributed by atoms with Crippen LogP contribution in [0.5, 0.6) is 0 Å². The summed E-state index contributed by atoms with van der Waals surface area (Å²) in [4.78, 5) is 0. The summed E-state index contributed by atoms with van der Waals surface area (Å²) in [5.41, 5.74) is 14.2. The third kappa shape index (κ3) is 3.33. The molecule has 1 aliphatic carbocycles. The van der Waals surface area contributed by atoms with E-state index in [4.69, 9.17) is 0 Å². The zero-order valence-electron chi connectivity index (χ0n) is 21.8. The molecule has 8 rings (SSSR count). The van der Waals surface area contributed by atoms with Crippen LogP contribution in [-0.2, 0) is 0 Å². The summed E-state index contributed by atoms with van der Waals surface area (Å²) in [7, 11) is 0. The van der Waals surface area contributed by atoms with Crippen molar-refractivity contribution in [3.8, 4) is 39.1 Å². The highest BCUT2D eigenvalue weighted by atomic mass is 15.0. The van der Waals surface area contributed by atoms with Crippen LogP contribution in [0, 0.1) is 0 Å². The van der Waals surface area contributed by atoms with Crippen molar-refractivity contribution in [1.82, 2.24) is 4.57 Å². The van der Waals surface area contributed by atoms with Gasteiger partial charge in [-0.15, -0.1) is 0 Å². The van der Waals surface area contributed by atoms with Crippen LogP contribution >= 0.6 is 0 Å². The number of hydrogen-bond acceptors (Lipinski definition) is 0. The first-order chi connectivity index (χ1) is 19.3. The molecule has 0 aliphatic heterocycles. The van der Waals surface area contributed by atoms with Crippen molar-refractivity contribution in [2.24, 2.45) is 0 Å². The highest BCUT2D eigenvalue weighted by molar-refractivity contribution is 6.13. The molecular weight excluding hydrogens is 470 g/mol. The van der Waals surface area contributed by atoms with Gasteiger partial charge in [-0.1, -0.05) is 122 Å². The molecule has 0 fully saturated rings. The van der Waals surface area contributed by atoms with Gasteiger partial charge in [0, 0.05) is 22.4 Å². The topological polar surface area (TPSA) is 4.93 Å². The Morgan fingerprint density at radius 3 is 1.82 bits per heavy atom. The highest BCUT2D eigenvalue weighted by Gasteiger charge is 2.30. The zero-order chi connectivity index (χ0) is 25.9. The summed E-state index contributed by atoms with van der Waals surface area (Å²) in [6.45, 7) is 2.36. The summed E-state index contributed by atoms with van der Waals surface area (Å²) in [5.74, 6) is 0.328. The third-order valence-electron chi connectivity index (χ3n) is 8.42. The molecule has 1 heterocycles. The predicted molar refractivity (Wildman–Crippen MR) is 165 cm³/mol. The summed E-state index contributed by atoms with van der Waals surface area (Å²) >= 11 is 0. The van der Waals surface area contributed by atoms with Gasteiger partial charge in [-0.3, -0.25) is 0 Å². The standard InChI is InChI=1S/C38H27N/c1-25-31-16-8-9-17-32(31)34-20-21-35-33-18-10-11-19-36(33)39(38(35)37(25)34)30-23-28(26-12-4-2-5-13-26)22-29(24-30)27-14-6-3-7-15-27/h2-25H,1H3. The Labute approximate surface area is 228 Å². The van der Waals surface area contributed by atoms with Crippen molar-refractivity contribution in [2.75, 3.05) is 0 Å². The van der Waals surface area contributed by atoms with Crippen LogP contribution in [0.1, 0.15) is 24.0 Å². The molecule has 1 unspecified atom stereocenters. The first-order valence-corrected chi connectivity index (χ1v) is 13.7. The van der Waals surface area contributed by atoms with Crippen molar-refractivity contribution < 1.29 is 0 Å². The SMILES string of the molecule is CC1c2ccccc2-c2ccc3c4ccccc4n(-c4cc(-c5ccccc5)cc(-c5ccccc5)c4)c3c21. The molecule has 1 aromatic heterocycles. The molecule has 7 aromatic rings. The maximum atomic E-state index is 2.52. The summed E-state index contributed by atoms with van der Waals surface area (Å²) in [6, 6.07) is 51.0. The van der Waals surface area contributed by atoms with Crippen LogP contribution in [-0.4, -0.2) is 4.57 Å². The van der Waals surface area contributed by atoms with E-state index >= 15 is 0 Å². The molecule has 0 N–H and O–H groups in total. The van der Waals surface area contributed by atoms with Crippen molar-refractivity contribution in [3.63, 3.8) is 0 Å². The van der Waals surface area contributed by atoms with E-state index in [1.54, 1.807) is 0 Å². The summed E-state index contributed by atoms with van der Waals surface area (Å²) in [5, 5.41) is 2.61. The molecule has 6 aromatic carbocycles. The van der Waals surface area contributed by atoms with Crippen molar-refractivity contribution >= 4 is 21.8 Å². The molecule has 0 saturated heterocycles. The molecule has 0 bridgehead atoms. The number of fused-ring (bicyclic) bond motifs is 7. The van der Waals surface area contributed by atoms with Crippen molar-refractivity contribution in [3.05, 3.63) is 151 Å². The second kappa shape index (κ2) is 8.58. The quantitative estimate of drug-likeness (QED) is 0.229. The molecule has 39 heavy (non-hydrogen) atoms. The average molecular weight is 498 g/mol. The van der Waals surface area contributed by atoms with Gasteiger partial charge in [0.1, 0.15) is 0 Å². The van der Waals surface area contributed by atoms with E-state index in [9.17, 15) is 0 Å². The second-order valence-corrected chi connectivity index (χ2v) is 10.6. The maximum Gasteiger partial charge on any atom is 0.0585 e. The smallest absolute Gasteiger partial charge is 0.0585 e. The lowest BCUT2D eigenvalue weighted by Crippen LogP contribution is -2.00. The Morgan fingerprint density at radius 1 is 0.487 bits per heavy atom. The van der Waals surface area contributed by atoms with E-state index in [0.29, 0.717) is 5.92 Å². The van der Waals surface area contributed by atoms with E-state index in [1.807, 2.05) is 0 Å². The van der Waals surface area contributed by atoms with Gasteiger partial charge in [-0.2, -0.15) is 0 Å². The van der Waals surface area contributed by atoms with Gasteiger partial charge in [0.25, 0.3) is 0 Å². The fraction of sp³-hybridized carbons (Fsp3) is 0.0526. The minimum Gasteiger partial charge on any atom is -0.309 e. The van der Waals surface area contributed by atoms with Crippen LogP contribution in [0.3, 0.4) is 0 Å². The van der Waals surface area contributed by atoms with Crippen LogP contribution in [0.2, 0.25) is 0 Å². The van der Waals surface area contributed by atoms with Crippen LogP contribution in [0.25, 0.3) is 60.9 Å². The van der Waals surface area contributed by atoms with Crippen molar-refractivity contribution in [2.45, 2.75) is 12.8 Å². The molecule has 0 spiro atoms. The Hall–Kier alpha value is -4.88. The lowest BCUT2D eigenvalue weighted by atomic mass is 9.96. The van der Waals surface area contributed by atoms with Crippen molar-refractivity contribution in [1.29, 1.82) is 0 Å². The van der Waals surface area contributed by atoms with Gasteiger partial charge in [0.15, 0.2) is 0 Å². The second-order valence-electron chi connectivity index (χ2n) is 10.6. The van der Waals surface area contributed by atoms with E-state index < -0.39 is 0 Å². The fourth-order valence-corrected chi connectivity index (χ4v) is 6.63. The molecular formula is C38H27N. The van der Waals surface area contributed by atoms with Gasteiger partial charge in [0.05, 0.1) is 11.0 Å². The van der Waals surface area contributed by atoms with E-state index in [2.05, 4.69) is 151 Å². The summed E-state index contributed by atoms with van der Waals surface area (Å²) < 4.78 is 2.52. The Balaban J connectivity index is 1.49. The number of aromatic nitrogens is 1. The number of hydrogen-bond donors (Lipinski definition) is 0. The predicted octanol–water partition coefficient (Wildman–Crippen LogP) is 10.2. The van der Waals surface area contributed by atoms with E-state index in [1.165, 1.54) is 72.0 Å². The number of rotatable bonds is 3. The molecule has 1 nitrogen and oxygen atoms in total. The molecule has 0 amide bonds. The normalized spacial score (nSPS) is 14.0. The lowest BCUT2D eigenvalue weighted by molar-refractivity contribution is 0.956. The number of benzene rings is 6. The molecule has 1 aliphatic rings. The van der Waals surface area contributed by atoms with Crippen LogP contribution in [0.15, 0.2) is 140 Å². The third-order valence-corrected chi connectivity index (χ3v) is 8.42. The van der Waals surface area contributed by atoms with Gasteiger partial charge in [-0.25, -0.2) is 0 Å². The molecule has 0 saturated carbocycles. The fourth-order valence-electron chi connectivity index (χ4n) is 6.63. The minimum atomic E-state index is 0.328. The Morgan fingerprint density at radius 2 is 1.10 bits per heavy atom. The maximum absolute atomic E-state index is 2.52. The van der Waals surface area contributed by atoms with Gasteiger partial charge in [0.2, 0.25) is 0 Å². The molecule has 1 atom stereocenters. The number of nitrogens with zero attached hydrogens (tertiary/aromatic N) is 1. The van der Waals surface area contributed by atoms with Crippen LogP contribution < -0.4 is 0 Å². The molecule has 0 radical (unpaired) electrons. The molecule has 184 valence electrons. The first kappa shape index (κ1) is 22.1.